The first-order valence-corrected chi connectivity index (χ1v) is 9.90. The van der Waals surface area contributed by atoms with Gasteiger partial charge in [-0.15, -0.1) is 0 Å². The zero-order valence-electron chi connectivity index (χ0n) is 14.2. The molecule has 2 heterocycles. The summed E-state index contributed by atoms with van der Waals surface area (Å²) < 4.78 is 27.1. The van der Waals surface area contributed by atoms with E-state index in [1.165, 1.54) is 22.6 Å². The summed E-state index contributed by atoms with van der Waals surface area (Å²) >= 11 is 5.77. The van der Waals surface area contributed by atoms with E-state index in [4.69, 9.17) is 11.6 Å². The second-order valence-corrected chi connectivity index (χ2v) is 8.43. The van der Waals surface area contributed by atoms with Gasteiger partial charge in [0.25, 0.3) is 5.91 Å². The van der Waals surface area contributed by atoms with E-state index in [1.54, 1.807) is 24.3 Å². The fraction of sp³-hybridized carbons (Fsp3) is 0.294. The number of nitrogens with zero attached hydrogens (tertiary/aromatic N) is 3. The summed E-state index contributed by atoms with van der Waals surface area (Å²) in [4.78, 5) is 18.6. The molecule has 1 aromatic carbocycles. The Labute approximate surface area is 157 Å². The minimum atomic E-state index is -3.63. The van der Waals surface area contributed by atoms with Crippen LogP contribution in [0.4, 0.5) is 5.82 Å². The lowest BCUT2D eigenvalue weighted by Crippen LogP contribution is -2.47. The Morgan fingerprint density at radius 3 is 2.54 bits per heavy atom. The molecule has 9 heteroatoms. The monoisotopic (exact) mass is 394 g/mol. The third-order valence-corrected chi connectivity index (χ3v) is 6.28. The average molecular weight is 395 g/mol. The number of halogens is 1. The Balaban J connectivity index is 1.79. The number of pyridine rings is 1. The van der Waals surface area contributed by atoms with Gasteiger partial charge in [-0.1, -0.05) is 17.7 Å². The van der Waals surface area contributed by atoms with Crippen LogP contribution in [0.5, 0.6) is 0 Å². The highest BCUT2D eigenvalue weighted by Crippen LogP contribution is 2.19. The van der Waals surface area contributed by atoms with Crippen molar-refractivity contribution in [2.75, 3.05) is 38.5 Å². The molecule has 1 saturated heterocycles. The summed E-state index contributed by atoms with van der Waals surface area (Å²) in [6, 6.07) is 9.20. The van der Waals surface area contributed by atoms with Gasteiger partial charge < -0.3 is 10.2 Å². The van der Waals surface area contributed by atoms with Crippen LogP contribution >= 0.6 is 11.6 Å². The lowest BCUT2D eigenvalue weighted by Gasteiger charge is -2.31. The van der Waals surface area contributed by atoms with Gasteiger partial charge in [0.15, 0.2) is 0 Å². The number of piperazine rings is 1. The number of hydrogen-bond acceptors (Lipinski definition) is 5. The summed E-state index contributed by atoms with van der Waals surface area (Å²) in [6.45, 7) is 2.23. The number of aromatic nitrogens is 1. The maximum atomic E-state index is 12.8. The first kappa shape index (κ1) is 18.8. The highest BCUT2D eigenvalue weighted by molar-refractivity contribution is 7.89. The molecule has 0 atom stereocenters. The Bertz CT molecular complexity index is 894. The van der Waals surface area contributed by atoms with Crippen molar-refractivity contribution in [3.8, 4) is 0 Å². The highest BCUT2D eigenvalue weighted by atomic mass is 35.5. The second kappa shape index (κ2) is 7.71. The summed E-state index contributed by atoms with van der Waals surface area (Å²) in [6.07, 6.45) is 1.42. The molecule has 0 radical (unpaired) electrons. The second-order valence-electron chi connectivity index (χ2n) is 6.05. The fourth-order valence-corrected chi connectivity index (χ4v) is 4.19. The molecule has 1 aliphatic rings. The summed E-state index contributed by atoms with van der Waals surface area (Å²) in [5.74, 6) is -0.0954. The standard InChI is InChI=1S/C17H19ClN4O3S/c1-21-7-9-22(10-8-21)26(24,25)15-4-2-3-13(11-15)17(23)20-16-6-5-14(18)12-19-16/h2-6,11-12H,7-10H2,1H3,(H,19,20,23). The van der Waals surface area contributed by atoms with Gasteiger partial charge in [-0.2, -0.15) is 4.31 Å². The van der Waals surface area contributed by atoms with Crippen molar-refractivity contribution in [2.24, 2.45) is 0 Å². The van der Waals surface area contributed by atoms with Crippen molar-refractivity contribution < 1.29 is 13.2 Å². The highest BCUT2D eigenvalue weighted by Gasteiger charge is 2.27. The number of amides is 1. The molecule has 2 aromatic rings. The predicted octanol–water partition coefficient (Wildman–Crippen LogP) is 1.92. The average Bonchev–Trinajstić information content (AvgIpc) is 2.64. The Morgan fingerprint density at radius 2 is 1.88 bits per heavy atom. The van der Waals surface area contributed by atoms with E-state index in [2.05, 4.69) is 15.2 Å². The van der Waals surface area contributed by atoms with Crippen molar-refractivity contribution in [1.29, 1.82) is 0 Å². The van der Waals surface area contributed by atoms with Crippen molar-refractivity contribution in [2.45, 2.75) is 4.90 Å². The minimum absolute atomic E-state index is 0.110. The number of sulfonamides is 1. The van der Waals surface area contributed by atoms with Crippen molar-refractivity contribution >= 4 is 33.3 Å². The molecular weight excluding hydrogens is 376 g/mol. The zero-order valence-corrected chi connectivity index (χ0v) is 15.8. The molecule has 0 aliphatic carbocycles. The molecule has 1 fully saturated rings. The molecule has 1 N–H and O–H groups in total. The van der Waals surface area contributed by atoms with Crippen molar-refractivity contribution in [1.82, 2.24) is 14.2 Å². The van der Waals surface area contributed by atoms with Gasteiger partial charge in [-0.05, 0) is 37.4 Å². The summed E-state index contributed by atoms with van der Waals surface area (Å²) in [5, 5.41) is 3.09. The SMILES string of the molecule is CN1CCN(S(=O)(=O)c2cccc(C(=O)Nc3ccc(Cl)cn3)c2)CC1. The van der Waals surface area contributed by atoms with Crippen LogP contribution in [-0.2, 0) is 10.0 Å². The molecule has 7 nitrogen and oxygen atoms in total. The van der Waals surface area contributed by atoms with Gasteiger partial charge in [0.1, 0.15) is 5.82 Å². The van der Waals surface area contributed by atoms with E-state index in [1.807, 2.05) is 7.05 Å². The van der Waals surface area contributed by atoms with E-state index < -0.39 is 15.9 Å². The van der Waals surface area contributed by atoms with Crippen LogP contribution in [0.15, 0.2) is 47.5 Å². The molecule has 1 amide bonds. The van der Waals surface area contributed by atoms with Gasteiger partial charge in [0, 0.05) is 37.9 Å². The lowest BCUT2D eigenvalue weighted by molar-refractivity contribution is 0.102. The van der Waals surface area contributed by atoms with Crippen LogP contribution in [0.2, 0.25) is 5.02 Å². The Kier molecular flexibility index (Phi) is 5.57. The molecule has 3 rings (SSSR count). The van der Waals surface area contributed by atoms with Crippen LogP contribution in [-0.4, -0.2) is 61.7 Å². The topological polar surface area (TPSA) is 82.6 Å². The smallest absolute Gasteiger partial charge is 0.256 e. The number of carbonyl (C=O) groups is 1. The van der Waals surface area contributed by atoms with Gasteiger partial charge in [-0.25, -0.2) is 13.4 Å². The first-order chi connectivity index (χ1) is 12.4. The number of nitrogens with one attached hydrogen (secondary N) is 1. The van der Waals surface area contributed by atoms with Crippen LogP contribution in [0.1, 0.15) is 10.4 Å². The van der Waals surface area contributed by atoms with Crippen LogP contribution in [0.3, 0.4) is 0 Å². The quantitative estimate of drug-likeness (QED) is 0.856. The number of carbonyl (C=O) groups excluding carboxylic acids is 1. The van der Waals surface area contributed by atoms with Crippen molar-refractivity contribution in [3.05, 3.63) is 53.2 Å². The van der Waals surface area contributed by atoms with E-state index in [9.17, 15) is 13.2 Å². The number of hydrogen-bond donors (Lipinski definition) is 1. The molecule has 0 unspecified atom stereocenters. The minimum Gasteiger partial charge on any atom is -0.307 e. The summed E-state index contributed by atoms with van der Waals surface area (Å²) in [5.41, 5.74) is 0.247. The fourth-order valence-electron chi connectivity index (χ4n) is 2.61. The Morgan fingerprint density at radius 1 is 1.15 bits per heavy atom. The van der Waals surface area contributed by atoms with Crippen LogP contribution in [0, 0.1) is 0 Å². The molecule has 26 heavy (non-hydrogen) atoms. The molecule has 0 spiro atoms. The number of likely N-dealkylation sites (N-methyl/N-ethyl adjacent to an activating group) is 1. The van der Waals surface area contributed by atoms with Gasteiger partial charge in [0.2, 0.25) is 10.0 Å². The van der Waals surface area contributed by atoms with Gasteiger partial charge in [-0.3, -0.25) is 4.79 Å². The molecule has 1 aliphatic heterocycles. The van der Waals surface area contributed by atoms with Crippen LogP contribution in [0.25, 0.3) is 0 Å². The van der Waals surface area contributed by atoms with Gasteiger partial charge >= 0.3 is 0 Å². The largest absolute Gasteiger partial charge is 0.307 e. The maximum absolute atomic E-state index is 12.8. The molecule has 0 bridgehead atoms. The molecule has 1 aromatic heterocycles. The molecular formula is C17H19ClN4O3S. The number of anilines is 1. The van der Waals surface area contributed by atoms with E-state index in [0.29, 0.717) is 37.0 Å². The third kappa shape index (κ3) is 4.21. The predicted molar refractivity (Wildman–Crippen MR) is 99.9 cm³/mol. The number of benzene rings is 1. The van der Waals surface area contributed by atoms with Gasteiger partial charge in [0.05, 0.1) is 9.92 Å². The molecule has 138 valence electrons. The lowest BCUT2D eigenvalue weighted by atomic mass is 10.2. The van der Waals surface area contributed by atoms with E-state index >= 15 is 0 Å². The van der Waals surface area contributed by atoms with Crippen molar-refractivity contribution in [3.63, 3.8) is 0 Å². The van der Waals surface area contributed by atoms with Crippen LogP contribution < -0.4 is 5.32 Å². The number of rotatable bonds is 4. The zero-order chi connectivity index (χ0) is 18.7. The summed E-state index contributed by atoms with van der Waals surface area (Å²) in [7, 11) is -1.67. The maximum Gasteiger partial charge on any atom is 0.256 e. The third-order valence-electron chi connectivity index (χ3n) is 4.17. The Hall–Kier alpha value is -2.00. The van der Waals surface area contributed by atoms with E-state index in [0.717, 1.165) is 0 Å². The molecule has 0 saturated carbocycles. The first-order valence-electron chi connectivity index (χ1n) is 8.08. The normalized spacial score (nSPS) is 16.4. The van der Waals surface area contributed by atoms with E-state index in [-0.39, 0.29) is 10.5 Å².